The van der Waals surface area contributed by atoms with Crippen LogP contribution in [0.5, 0.6) is 0 Å². The smallest absolute Gasteiger partial charge is 0.139 e. The van der Waals surface area contributed by atoms with Crippen molar-refractivity contribution in [3.05, 3.63) is 52.0 Å². The van der Waals surface area contributed by atoms with E-state index in [9.17, 15) is 0 Å². The highest BCUT2D eigenvalue weighted by atomic mass is 79.9. The molecular weight excluding hydrogens is 346 g/mol. The zero-order valence-corrected chi connectivity index (χ0v) is 15.0. The molecule has 0 aliphatic heterocycles. The Morgan fingerprint density at radius 1 is 1.19 bits per heavy atom. The minimum absolute atomic E-state index is 0.459. The molecule has 0 fully saturated rings. The number of aromatic nitrogens is 2. The van der Waals surface area contributed by atoms with Crippen molar-refractivity contribution in [3.63, 3.8) is 0 Å². The second kappa shape index (κ2) is 7.92. The van der Waals surface area contributed by atoms with Gasteiger partial charge in [-0.3, -0.25) is 0 Å². The molecule has 0 amide bonds. The Labute approximate surface area is 139 Å². The summed E-state index contributed by atoms with van der Waals surface area (Å²) in [5, 5.41) is 3.39. The van der Waals surface area contributed by atoms with Crippen molar-refractivity contribution in [2.75, 3.05) is 0 Å². The summed E-state index contributed by atoms with van der Waals surface area (Å²) in [5.74, 6) is 1.68. The lowest BCUT2D eigenvalue weighted by Gasteiger charge is -2.09. The van der Waals surface area contributed by atoms with Gasteiger partial charge in [0.05, 0.1) is 11.4 Å². The number of hydrogen-bond donors (Lipinski definition) is 1. The number of rotatable bonds is 6. The van der Waals surface area contributed by atoms with Gasteiger partial charge in [-0.05, 0) is 37.3 Å². The molecule has 2 rings (SSSR count). The Hall–Kier alpha value is -0.910. The number of halogens is 1. The van der Waals surface area contributed by atoms with Crippen molar-refractivity contribution in [2.24, 2.45) is 0 Å². The average molecular weight is 366 g/mol. The molecule has 0 aliphatic carbocycles. The van der Waals surface area contributed by atoms with Gasteiger partial charge in [0, 0.05) is 27.6 Å². The molecule has 2 aromatic rings. The number of benzene rings is 1. The van der Waals surface area contributed by atoms with Gasteiger partial charge in [-0.2, -0.15) is 0 Å². The molecule has 1 aromatic heterocycles. The molecule has 0 radical (unpaired) electrons. The van der Waals surface area contributed by atoms with Crippen LogP contribution in [0, 0.1) is 6.92 Å². The summed E-state index contributed by atoms with van der Waals surface area (Å²) in [7, 11) is 0. The van der Waals surface area contributed by atoms with E-state index in [1.54, 1.807) is 11.8 Å². The molecule has 0 unspecified atom stereocenters. The molecule has 0 spiro atoms. The van der Waals surface area contributed by atoms with Gasteiger partial charge in [0.25, 0.3) is 0 Å². The average Bonchev–Trinajstić information content (AvgIpc) is 2.44. The van der Waals surface area contributed by atoms with Crippen LogP contribution in [0.15, 0.2) is 39.7 Å². The number of nitrogens with zero attached hydrogens (tertiary/aromatic N) is 2. The minimum atomic E-state index is 0.459. The van der Waals surface area contributed by atoms with Crippen molar-refractivity contribution >= 4 is 27.7 Å². The highest BCUT2D eigenvalue weighted by molar-refractivity contribution is 9.10. The number of nitrogens with one attached hydrogen (secondary N) is 1. The van der Waals surface area contributed by atoms with Crippen LogP contribution in [-0.2, 0) is 12.3 Å². The van der Waals surface area contributed by atoms with Crippen LogP contribution in [0.4, 0.5) is 0 Å². The van der Waals surface area contributed by atoms with E-state index in [0.29, 0.717) is 6.04 Å². The molecule has 112 valence electrons. The fourth-order valence-corrected chi connectivity index (χ4v) is 2.86. The van der Waals surface area contributed by atoms with E-state index in [0.717, 1.165) is 34.0 Å². The topological polar surface area (TPSA) is 37.8 Å². The zero-order valence-electron chi connectivity index (χ0n) is 12.6. The van der Waals surface area contributed by atoms with E-state index in [2.05, 4.69) is 69.3 Å². The molecule has 5 heteroatoms. The van der Waals surface area contributed by atoms with Crippen LogP contribution < -0.4 is 5.32 Å². The van der Waals surface area contributed by atoms with Crippen LogP contribution in [0.2, 0.25) is 0 Å². The van der Waals surface area contributed by atoms with Gasteiger partial charge in [-0.15, -0.1) is 11.8 Å². The van der Waals surface area contributed by atoms with E-state index in [1.165, 1.54) is 4.90 Å². The maximum atomic E-state index is 4.63. The summed E-state index contributed by atoms with van der Waals surface area (Å²) in [6.45, 7) is 7.09. The summed E-state index contributed by atoms with van der Waals surface area (Å²) in [6, 6.07) is 10.8. The summed E-state index contributed by atoms with van der Waals surface area (Å²) >= 11 is 5.21. The van der Waals surface area contributed by atoms with E-state index in [-0.39, 0.29) is 0 Å². The van der Waals surface area contributed by atoms with E-state index < -0.39 is 0 Å². The Kier molecular flexibility index (Phi) is 6.21. The normalized spacial score (nSPS) is 11.1. The van der Waals surface area contributed by atoms with Crippen molar-refractivity contribution in [3.8, 4) is 0 Å². The fourth-order valence-electron chi connectivity index (χ4n) is 1.84. The molecular formula is C16H20BrN3S. The van der Waals surface area contributed by atoms with Gasteiger partial charge in [-0.1, -0.05) is 29.8 Å². The molecule has 21 heavy (non-hydrogen) atoms. The van der Waals surface area contributed by atoms with Crippen molar-refractivity contribution in [1.29, 1.82) is 0 Å². The maximum absolute atomic E-state index is 4.63. The molecule has 0 aliphatic rings. The van der Waals surface area contributed by atoms with Crippen LogP contribution in [0.1, 0.15) is 31.1 Å². The lowest BCUT2D eigenvalue weighted by Crippen LogP contribution is -2.22. The van der Waals surface area contributed by atoms with Gasteiger partial charge in [0.1, 0.15) is 5.82 Å². The largest absolute Gasteiger partial charge is 0.309 e. The molecule has 1 aromatic carbocycles. The third-order valence-corrected chi connectivity index (χ3v) is 4.36. The van der Waals surface area contributed by atoms with Gasteiger partial charge in [-0.25, -0.2) is 9.97 Å². The van der Waals surface area contributed by atoms with Crippen molar-refractivity contribution in [1.82, 2.24) is 15.3 Å². The van der Waals surface area contributed by atoms with E-state index >= 15 is 0 Å². The first kappa shape index (κ1) is 16.5. The van der Waals surface area contributed by atoms with Gasteiger partial charge >= 0.3 is 0 Å². The summed E-state index contributed by atoms with van der Waals surface area (Å²) < 4.78 is 1.10. The highest BCUT2D eigenvalue weighted by Gasteiger charge is 2.04. The molecule has 0 atom stereocenters. The van der Waals surface area contributed by atoms with Gasteiger partial charge in [0.15, 0.2) is 0 Å². The van der Waals surface area contributed by atoms with Crippen molar-refractivity contribution in [2.45, 2.75) is 44.0 Å². The highest BCUT2D eigenvalue weighted by Crippen LogP contribution is 2.23. The summed E-state index contributed by atoms with van der Waals surface area (Å²) in [5.41, 5.74) is 2.08. The third-order valence-electron chi connectivity index (χ3n) is 2.83. The lowest BCUT2D eigenvalue weighted by atomic mass is 10.3. The molecule has 1 N–H and O–H groups in total. The number of hydrogen-bond acceptors (Lipinski definition) is 4. The predicted molar refractivity (Wildman–Crippen MR) is 92.4 cm³/mol. The van der Waals surface area contributed by atoms with Gasteiger partial charge < -0.3 is 5.32 Å². The Morgan fingerprint density at radius 3 is 2.57 bits per heavy atom. The summed E-state index contributed by atoms with van der Waals surface area (Å²) in [6.07, 6.45) is 0. The fraction of sp³-hybridized carbons (Fsp3) is 0.375. The number of thioether (sulfide) groups is 1. The molecule has 1 heterocycles. The molecule has 0 saturated heterocycles. The second-order valence-corrected chi connectivity index (χ2v) is 7.16. The standard InChI is InChI=1S/C16H20BrN3S/c1-11(2)18-9-14-8-12(3)19-16(20-14)10-21-15-6-4-13(17)5-7-15/h4-8,11,18H,9-10H2,1-3H3. The quantitative estimate of drug-likeness (QED) is 0.772. The monoisotopic (exact) mass is 365 g/mol. The first-order valence-corrected chi connectivity index (χ1v) is 8.76. The van der Waals surface area contributed by atoms with E-state index in [4.69, 9.17) is 0 Å². The van der Waals surface area contributed by atoms with Crippen LogP contribution in [0.25, 0.3) is 0 Å². The Morgan fingerprint density at radius 2 is 1.90 bits per heavy atom. The van der Waals surface area contributed by atoms with Crippen LogP contribution >= 0.6 is 27.7 Å². The first-order chi connectivity index (χ1) is 10.0. The number of aryl methyl sites for hydroxylation is 1. The van der Waals surface area contributed by atoms with Crippen molar-refractivity contribution < 1.29 is 0 Å². The predicted octanol–water partition coefficient (Wildman–Crippen LogP) is 4.34. The van der Waals surface area contributed by atoms with Crippen LogP contribution in [-0.4, -0.2) is 16.0 Å². The maximum Gasteiger partial charge on any atom is 0.139 e. The molecule has 0 bridgehead atoms. The Balaban J connectivity index is 2.00. The molecule has 3 nitrogen and oxygen atoms in total. The first-order valence-electron chi connectivity index (χ1n) is 6.98. The minimum Gasteiger partial charge on any atom is -0.309 e. The van der Waals surface area contributed by atoms with Crippen LogP contribution in [0.3, 0.4) is 0 Å². The zero-order chi connectivity index (χ0) is 15.2. The SMILES string of the molecule is Cc1cc(CNC(C)C)nc(CSc2ccc(Br)cc2)n1. The second-order valence-electron chi connectivity index (χ2n) is 5.20. The third kappa shape index (κ3) is 5.77. The van der Waals surface area contributed by atoms with Gasteiger partial charge in [0.2, 0.25) is 0 Å². The summed E-state index contributed by atoms with van der Waals surface area (Å²) in [4.78, 5) is 10.4. The Bertz CT molecular complexity index is 585. The lowest BCUT2D eigenvalue weighted by molar-refractivity contribution is 0.579. The molecule has 0 saturated carbocycles. The van der Waals surface area contributed by atoms with E-state index in [1.807, 2.05) is 13.0 Å².